The number of carbonyl (C=O) groups excluding carboxylic acids is 1. The number of hydrogen-bond donors (Lipinski definition) is 2. The summed E-state index contributed by atoms with van der Waals surface area (Å²) in [5.74, 6) is 1.99. The molecule has 0 aliphatic carbocycles. The van der Waals surface area contributed by atoms with Crippen molar-refractivity contribution in [1.82, 2.24) is 20.2 Å². The second-order valence-electron chi connectivity index (χ2n) is 6.51. The third-order valence-electron chi connectivity index (χ3n) is 4.86. The lowest BCUT2D eigenvalue weighted by Crippen LogP contribution is -2.49. The maximum atomic E-state index is 11.8. The summed E-state index contributed by atoms with van der Waals surface area (Å²) in [5, 5.41) is 6.69. The number of nitrogens with one attached hydrogen (secondary N) is 2. The number of imidazole rings is 1. The molecule has 0 radical (unpaired) electrons. The predicted molar refractivity (Wildman–Crippen MR) is 89.6 cm³/mol. The first-order valence-corrected chi connectivity index (χ1v) is 8.45. The number of fused-ring (bicyclic) bond motifs is 1. The van der Waals surface area contributed by atoms with E-state index in [2.05, 4.69) is 33.8 Å². The molecule has 24 heavy (non-hydrogen) atoms. The number of aryl methyl sites for hydroxylation is 1. The Balaban J connectivity index is 1.48. The molecule has 3 heterocycles. The van der Waals surface area contributed by atoms with Crippen LogP contribution in [0, 0.1) is 0 Å². The Kier molecular flexibility index (Phi) is 3.98. The van der Waals surface area contributed by atoms with Crippen LogP contribution < -0.4 is 15.4 Å². The van der Waals surface area contributed by atoms with Gasteiger partial charge in [-0.3, -0.25) is 4.79 Å². The van der Waals surface area contributed by atoms with Crippen molar-refractivity contribution in [3.63, 3.8) is 0 Å². The molecule has 1 saturated heterocycles. The normalized spacial score (nSPS) is 22.8. The molecule has 6 nitrogen and oxygen atoms in total. The summed E-state index contributed by atoms with van der Waals surface area (Å²) in [6.07, 6.45) is 6.04. The van der Waals surface area contributed by atoms with Gasteiger partial charge in [0.05, 0.1) is 6.61 Å². The van der Waals surface area contributed by atoms with Gasteiger partial charge in [0, 0.05) is 44.9 Å². The summed E-state index contributed by atoms with van der Waals surface area (Å²) in [7, 11) is 1.96. The number of ether oxygens (including phenoxy) is 1. The standard InChI is InChI=1S/C18H22N4O2/c1-22-8-7-19-18(22)17-14(3-5-16(23)21-17)20-11-12-2-4-15-13(10-12)6-9-24-15/h2,4,7-8,10,14,17,20H,3,5-6,9,11H2,1H3,(H,21,23)/t14-,17-/m1/s1. The van der Waals surface area contributed by atoms with E-state index in [1.807, 2.05) is 17.8 Å². The summed E-state index contributed by atoms with van der Waals surface area (Å²) in [6.45, 7) is 1.55. The first-order chi connectivity index (χ1) is 11.7. The molecular formula is C18H22N4O2. The Morgan fingerprint density at radius 1 is 1.42 bits per heavy atom. The summed E-state index contributed by atoms with van der Waals surface area (Å²) in [5.41, 5.74) is 2.53. The quantitative estimate of drug-likeness (QED) is 0.893. The molecule has 6 heteroatoms. The van der Waals surface area contributed by atoms with Crippen LogP contribution in [0.4, 0.5) is 0 Å². The molecule has 1 aromatic heterocycles. The average Bonchev–Trinajstić information content (AvgIpc) is 3.21. The fourth-order valence-electron chi connectivity index (χ4n) is 3.54. The molecule has 1 aromatic carbocycles. The van der Waals surface area contributed by atoms with Gasteiger partial charge in [0.25, 0.3) is 0 Å². The van der Waals surface area contributed by atoms with Gasteiger partial charge in [-0.1, -0.05) is 12.1 Å². The molecule has 1 amide bonds. The molecule has 2 aliphatic heterocycles. The fraction of sp³-hybridized carbons (Fsp3) is 0.444. The number of benzene rings is 1. The van der Waals surface area contributed by atoms with Gasteiger partial charge in [-0.25, -0.2) is 4.98 Å². The zero-order valence-corrected chi connectivity index (χ0v) is 13.8. The molecule has 126 valence electrons. The van der Waals surface area contributed by atoms with Gasteiger partial charge in [-0.15, -0.1) is 0 Å². The molecule has 0 saturated carbocycles. The van der Waals surface area contributed by atoms with Crippen LogP contribution in [0.1, 0.15) is 35.8 Å². The minimum Gasteiger partial charge on any atom is -0.493 e. The van der Waals surface area contributed by atoms with Crippen LogP contribution in [0.15, 0.2) is 30.6 Å². The van der Waals surface area contributed by atoms with Gasteiger partial charge in [-0.05, 0) is 23.6 Å². The van der Waals surface area contributed by atoms with E-state index >= 15 is 0 Å². The topological polar surface area (TPSA) is 68.2 Å². The average molecular weight is 326 g/mol. The van der Waals surface area contributed by atoms with Crippen molar-refractivity contribution in [3.8, 4) is 5.75 Å². The Labute approximate surface area is 141 Å². The van der Waals surface area contributed by atoms with Crippen LogP contribution in [0.2, 0.25) is 0 Å². The maximum Gasteiger partial charge on any atom is 0.220 e. The van der Waals surface area contributed by atoms with Crippen LogP contribution in [-0.2, 0) is 24.8 Å². The van der Waals surface area contributed by atoms with E-state index < -0.39 is 0 Å². The lowest BCUT2D eigenvalue weighted by atomic mass is 9.96. The zero-order valence-electron chi connectivity index (χ0n) is 13.8. The minimum atomic E-state index is -0.0935. The van der Waals surface area contributed by atoms with E-state index in [1.165, 1.54) is 11.1 Å². The highest BCUT2D eigenvalue weighted by Gasteiger charge is 2.32. The van der Waals surface area contributed by atoms with Crippen molar-refractivity contribution < 1.29 is 9.53 Å². The van der Waals surface area contributed by atoms with Gasteiger partial charge < -0.3 is 19.9 Å². The first kappa shape index (κ1) is 15.2. The number of piperidine rings is 1. The minimum absolute atomic E-state index is 0.0933. The molecule has 2 aromatic rings. The van der Waals surface area contributed by atoms with Gasteiger partial charge in [0.2, 0.25) is 5.91 Å². The van der Waals surface area contributed by atoms with Crippen molar-refractivity contribution in [2.24, 2.45) is 7.05 Å². The SMILES string of the molecule is Cn1ccnc1[C@@H]1NC(=O)CC[C@H]1NCc1ccc2c(c1)CCO2. The van der Waals surface area contributed by atoms with Gasteiger partial charge in [0.15, 0.2) is 0 Å². The van der Waals surface area contributed by atoms with E-state index in [0.29, 0.717) is 6.42 Å². The van der Waals surface area contributed by atoms with Crippen molar-refractivity contribution in [1.29, 1.82) is 0 Å². The highest BCUT2D eigenvalue weighted by molar-refractivity contribution is 5.77. The van der Waals surface area contributed by atoms with Crippen LogP contribution in [0.25, 0.3) is 0 Å². The van der Waals surface area contributed by atoms with E-state index in [9.17, 15) is 4.79 Å². The molecular weight excluding hydrogens is 304 g/mol. The Morgan fingerprint density at radius 3 is 3.17 bits per heavy atom. The number of aromatic nitrogens is 2. The van der Waals surface area contributed by atoms with E-state index in [1.54, 1.807) is 6.20 Å². The number of amides is 1. The highest BCUT2D eigenvalue weighted by Crippen LogP contribution is 2.27. The molecule has 0 bridgehead atoms. The van der Waals surface area contributed by atoms with Crippen molar-refractivity contribution in [3.05, 3.63) is 47.5 Å². The first-order valence-electron chi connectivity index (χ1n) is 8.45. The third-order valence-corrected chi connectivity index (χ3v) is 4.86. The fourth-order valence-corrected chi connectivity index (χ4v) is 3.54. The van der Waals surface area contributed by atoms with Crippen molar-refractivity contribution in [2.75, 3.05) is 6.61 Å². The Morgan fingerprint density at radius 2 is 2.33 bits per heavy atom. The number of rotatable bonds is 4. The lowest BCUT2D eigenvalue weighted by Gasteiger charge is -2.32. The Bertz CT molecular complexity index is 755. The summed E-state index contributed by atoms with van der Waals surface area (Å²) >= 11 is 0. The number of carbonyl (C=O) groups is 1. The van der Waals surface area contributed by atoms with E-state index in [0.717, 1.165) is 37.6 Å². The highest BCUT2D eigenvalue weighted by atomic mass is 16.5. The number of nitrogens with zero attached hydrogens (tertiary/aromatic N) is 2. The molecule has 1 fully saturated rings. The summed E-state index contributed by atoms with van der Waals surface area (Å²) in [4.78, 5) is 16.3. The van der Waals surface area contributed by atoms with Gasteiger partial charge >= 0.3 is 0 Å². The number of hydrogen-bond acceptors (Lipinski definition) is 4. The summed E-state index contributed by atoms with van der Waals surface area (Å²) in [6, 6.07) is 6.45. The maximum absolute atomic E-state index is 11.8. The summed E-state index contributed by atoms with van der Waals surface area (Å²) < 4.78 is 7.53. The van der Waals surface area contributed by atoms with Crippen molar-refractivity contribution in [2.45, 2.75) is 37.9 Å². The lowest BCUT2D eigenvalue weighted by molar-refractivity contribution is -0.124. The van der Waals surface area contributed by atoms with Crippen molar-refractivity contribution >= 4 is 5.91 Å². The zero-order chi connectivity index (χ0) is 16.5. The third kappa shape index (κ3) is 2.89. The van der Waals surface area contributed by atoms with Gasteiger partial charge in [-0.2, -0.15) is 0 Å². The predicted octanol–water partition coefficient (Wildman–Crippen LogP) is 1.46. The smallest absolute Gasteiger partial charge is 0.220 e. The molecule has 0 unspecified atom stereocenters. The Hall–Kier alpha value is -2.34. The molecule has 0 spiro atoms. The van der Waals surface area contributed by atoms with E-state index in [-0.39, 0.29) is 18.0 Å². The molecule has 2 atom stereocenters. The molecule has 2 N–H and O–H groups in total. The second-order valence-corrected chi connectivity index (χ2v) is 6.51. The largest absolute Gasteiger partial charge is 0.493 e. The molecule has 4 rings (SSSR count). The van der Waals surface area contributed by atoms with Crippen LogP contribution >= 0.6 is 0 Å². The van der Waals surface area contributed by atoms with Crippen LogP contribution in [0.3, 0.4) is 0 Å². The van der Waals surface area contributed by atoms with Crippen LogP contribution in [0.5, 0.6) is 5.75 Å². The monoisotopic (exact) mass is 326 g/mol. The van der Waals surface area contributed by atoms with Gasteiger partial charge in [0.1, 0.15) is 17.6 Å². The second kappa shape index (κ2) is 6.28. The van der Waals surface area contributed by atoms with E-state index in [4.69, 9.17) is 4.74 Å². The molecule has 2 aliphatic rings. The van der Waals surface area contributed by atoms with Crippen LogP contribution in [-0.4, -0.2) is 28.1 Å².